The van der Waals surface area contributed by atoms with E-state index < -0.39 is 6.10 Å². The van der Waals surface area contributed by atoms with Crippen molar-refractivity contribution in [2.45, 2.75) is 122 Å². The highest BCUT2D eigenvalue weighted by molar-refractivity contribution is 7.98. The van der Waals surface area contributed by atoms with Gasteiger partial charge in [-0.3, -0.25) is 4.79 Å². The van der Waals surface area contributed by atoms with E-state index >= 15 is 0 Å². The van der Waals surface area contributed by atoms with Gasteiger partial charge in [-0.1, -0.05) is 90.9 Å². The number of rotatable bonds is 19. The number of hydrogen-bond donors (Lipinski definition) is 1. The Labute approximate surface area is 167 Å². The fourth-order valence-corrected chi connectivity index (χ4v) is 3.78. The molecule has 0 aliphatic heterocycles. The van der Waals surface area contributed by atoms with Crippen molar-refractivity contribution in [3.05, 3.63) is 0 Å². The molecule has 0 fully saturated rings. The van der Waals surface area contributed by atoms with Crippen molar-refractivity contribution >= 4 is 17.7 Å². The summed E-state index contributed by atoms with van der Waals surface area (Å²) in [6, 6.07) is 0. The monoisotopic (exact) mass is 388 g/mol. The lowest BCUT2D eigenvalue weighted by Crippen LogP contribution is -2.32. The quantitative estimate of drug-likeness (QED) is 0.202. The molecule has 156 valence electrons. The van der Waals surface area contributed by atoms with Crippen LogP contribution in [0.15, 0.2) is 0 Å². The third-order valence-electron chi connectivity index (χ3n) is 4.94. The molecule has 0 saturated carbocycles. The predicted octanol–water partition coefficient (Wildman–Crippen LogP) is 6.51. The molecule has 0 radical (unpaired) electrons. The smallest absolute Gasteiger partial charge is 0.306 e. The Kier molecular flexibility index (Phi) is 19.4. The molecule has 0 rings (SSSR count). The Hall–Kier alpha value is -0.220. The molecule has 0 aromatic rings. The van der Waals surface area contributed by atoms with Crippen LogP contribution in [0.1, 0.15) is 110 Å². The Morgan fingerprint density at radius 3 is 1.73 bits per heavy atom. The molecule has 0 aromatic heterocycles. The van der Waals surface area contributed by atoms with Gasteiger partial charge in [0.2, 0.25) is 0 Å². The van der Waals surface area contributed by atoms with Crippen LogP contribution in [0.5, 0.6) is 0 Å². The first-order chi connectivity index (χ1) is 12.7. The van der Waals surface area contributed by atoms with E-state index in [1.165, 1.54) is 70.6 Å². The summed E-state index contributed by atoms with van der Waals surface area (Å²) in [5.74, 6) is 0.463. The van der Waals surface area contributed by atoms with Gasteiger partial charge in [0.15, 0.2) is 0 Å². The molecule has 1 N–H and O–H groups in total. The predicted molar refractivity (Wildman–Crippen MR) is 115 cm³/mol. The minimum Gasteiger partial charge on any atom is -0.460 e. The summed E-state index contributed by atoms with van der Waals surface area (Å²) >= 11 is 1.58. The first-order valence-electron chi connectivity index (χ1n) is 11.0. The fraction of sp³-hybridized carbons (Fsp3) is 0.955. The van der Waals surface area contributed by atoms with Gasteiger partial charge >= 0.3 is 5.97 Å². The molecule has 0 heterocycles. The average Bonchev–Trinajstić information content (AvgIpc) is 2.63. The lowest BCUT2D eigenvalue weighted by molar-refractivity contribution is -0.154. The van der Waals surface area contributed by atoms with Crippen molar-refractivity contribution in [3.8, 4) is 0 Å². The van der Waals surface area contributed by atoms with Crippen molar-refractivity contribution < 1.29 is 14.6 Å². The summed E-state index contributed by atoms with van der Waals surface area (Å²) in [5, 5.41) is 9.94. The summed E-state index contributed by atoms with van der Waals surface area (Å²) in [6.45, 7) is 4.22. The molecule has 2 unspecified atom stereocenters. The summed E-state index contributed by atoms with van der Waals surface area (Å²) in [4.78, 5) is 11.9. The SMILES string of the molecule is CCCCCCCCCCCCCCCC(=O)OC(CC)C(O)CSC. The zero-order valence-corrected chi connectivity index (χ0v) is 18.5. The van der Waals surface area contributed by atoms with Gasteiger partial charge in [0.1, 0.15) is 6.10 Å². The Morgan fingerprint density at radius 2 is 1.31 bits per heavy atom. The number of hydrogen-bond acceptors (Lipinski definition) is 4. The molecule has 3 nitrogen and oxygen atoms in total. The van der Waals surface area contributed by atoms with Gasteiger partial charge in [-0.25, -0.2) is 0 Å². The largest absolute Gasteiger partial charge is 0.460 e. The third kappa shape index (κ3) is 16.0. The van der Waals surface area contributed by atoms with Crippen LogP contribution in [-0.2, 0) is 9.53 Å². The highest BCUT2D eigenvalue weighted by Crippen LogP contribution is 2.14. The molecule has 0 bridgehead atoms. The third-order valence-corrected chi connectivity index (χ3v) is 5.61. The van der Waals surface area contributed by atoms with Crippen LogP contribution in [0.2, 0.25) is 0 Å². The van der Waals surface area contributed by atoms with Crippen LogP contribution in [-0.4, -0.2) is 35.3 Å². The van der Waals surface area contributed by atoms with Gasteiger partial charge in [-0.15, -0.1) is 0 Å². The lowest BCUT2D eigenvalue weighted by Gasteiger charge is -2.21. The lowest BCUT2D eigenvalue weighted by atomic mass is 10.0. The molecular weight excluding hydrogens is 344 g/mol. The van der Waals surface area contributed by atoms with E-state index in [0.717, 1.165) is 12.8 Å². The van der Waals surface area contributed by atoms with Crippen LogP contribution in [0.4, 0.5) is 0 Å². The van der Waals surface area contributed by atoms with Gasteiger partial charge in [0.25, 0.3) is 0 Å². The fourth-order valence-electron chi connectivity index (χ4n) is 3.23. The average molecular weight is 389 g/mol. The number of ether oxygens (including phenoxy) is 1. The Balaban J connectivity index is 3.42. The first kappa shape index (κ1) is 25.8. The first-order valence-corrected chi connectivity index (χ1v) is 12.4. The molecule has 0 aliphatic rings. The van der Waals surface area contributed by atoms with E-state index in [0.29, 0.717) is 18.6 Å². The van der Waals surface area contributed by atoms with Crippen LogP contribution in [0, 0.1) is 0 Å². The summed E-state index contributed by atoms with van der Waals surface area (Å²) < 4.78 is 5.42. The number of thioether (sulfide) groups is 1. The van der Waals surface area contributed by atoms with Crippen molar-refractivity contribution in [1.29, 1.82) is 0 Å². The van der Waals surface area contributed by atoms with Gasteiger partial charge in [-0.2, -0.15) is 11.8 Å². The van der Waals surface area contributed by atoms with E-state index in [1.54, 1.807) is 11.8 Å². The minimum absolute atomic E-state index is 0.153. The number of aliphatic hydroxyl groups excluding tert-OH is 1. The van der Waals surface area contributed by atoms with Crippen molar-refractivity contribution in [2.24, 2.45) is 0 Å². The van der Waals surface area contributed by atoms with Gasteiger partial charge in [0, 0.05) is 12.2 Å². The molecular formula is C22H44O3S. The van der Waals surface area contributed by atoms with Crippen LogP contribution >= 0.6 is 11.8 Å². The number of carbonyl (C=O) groups is 1. The molecule has 0 spiro atoms. The maximum absolute atomic E-state index is 11.9. The molecule has 0 saturated heterocycles. The van der Waals surface area contributed by atoms with Crippen molar-refractivity contribution in [2.75, 3.05) is 12.0 Å². The maximum Gasteiger partial charge on any atom is 0.306 e. The molecule has 0 aromatic carbocycles. The zero-order chi connectivity index (χ0) is 19.5. The van der Waals surface area contributed by atoms with Crippen LogP contribution in [0.25, 0.3) is 0 Å². The highest BCUT2D eigenvalue weighted by atomic mass is 32.2. The zero-order valence-electron chi connectivity index (χ0n) is 17.6. The summed E-state index contributed by atoms with van der Waals surface area (Å²) in [6.07, 6.45) is 19.2. The Bertz CT molecular complexity index is 310. The van der Waals surface area contributed by atoms with Crippen molar-refractivity contribution in [3.63, 3.8) is 0 Å². The molecule has 26 heavy (non-hydrogen) atoms. The second-order valence-corrected chi connectivity index (χ2v) is 8.36. The molecule has 0 amide bonds. The normalized spacial score (nSPS) is 13.5. The summed E-state index contributed by atoms with van der Waals surface area (Å²) in [5.41, 5.74) is 0. The molecule has 4 heteroatoms. The number of unbranched alkanes of at least 4 members (excludes halogenated alkanes) is 12. The minimum atomic E-state index is -0.550. The number of carbonyl (C=O) groups excluding carboxylic acids is 1. The Morgan fingerprint density at radius 1 is 0.846 bits per heavy atom. The molecule has 0 aliphatic carbocycles. The van der Waals surface area contributed by atoms with E-state index in [2.05, 4.69) is 6.92 Å². The van der Waals surface area contributed by atoms with Gasteiger partial charge in [0.05, 0.1) is 6.10 Å². The van der Waals surface area contributed by atoms with Crippen LogP contribution in [0.3, 0.4) is 0 Å². The van der Waals surface area contributed by atoms with Crippen molar-refractivity contribution in [1.82, 2.24) is 0 Å². The van der Waals surface area contributed by atoms with E-state index in [-0.39, 0.29) is 12.1 Å². The van der Waals surface area contributed by atoms with E-state index in [4.69, 9.17) is 4.74 Å². The second-order valence-electron chi connectivity index (χ2n) is 7.45. The van der Waals surface area contributed by atoms with Crippen LogP contribution < -0.4 is 0 Å². The van der Waals surface area contributed by atoms with Gasteiger partial charge in [-0.05, 0) is 19.1 Å². The van der Waals surface area contributed by atoms with E-state index in [9.17, 15) is 9.90 Å². The number of esters is 1. The highest BCUT2D eigenvalue weighted by Gasteiger charge is 2.20. The molecule has 2 atom stereocenters. The maximum atomic E-state index is 11.9. The second kappa shape index (κ2) is 19.5. The summed E-state index contributed by atoms with van der Waals surface area (Å²) in [7, 11) is 0. The number of aliphatic hydroxyl groups is 1. The topological polar surface area (TPSA) is 46.5 Å². The van der Waals surface area contributed by atoms with E-state index in [1.807, 2.05) is 13.2 Å². The van der Waals surface area contributed by atoms with Gasteiger partial charge < -0.3 is 9.84 Å². The standard InChI is InChI=1S/C22H44O3S/c1-4-6-7-8-9-10-11-12-13-14-15-16-17-18-22(24)25-21(5-2)20(23)19-26-3/h20-21,23H,4-19H2,1-3H3.